The summed E-state index contributed by atoms with van der Waals surface area (Å²) in [6.07, 6.45) is 5.58. The van der Waals surface area contributed by atoms with Gasteiger partial charge in [0, 0.05) is 38.3 Å². The van der Waals surface area contributed by atoms with Crippen molar-refractivity contribution in [3.63, 3.8) is 0 Å². The van der Waals surface area contributed by atoms with Gasteiger partial charge in [0.25, 0.3) is 0 Å². The Hall–Kier alpha value is -6.36. The van der Waals surface area contributed by atoms with Crippen LogP contribution in [0.2, 0.25) is 0 Å². The van der Waals surface area contributed by atoms with E-state index in [9.17, 15) is 24.3 Å². The normalized spacial score (nSPS) is 21.5. The van der Waals surface area contributed by atoms with E-state index in [1.807, 2.05) is 127 Å². The van der Waals surface area contributed by atoms with E-state index in [1.165, 1.54) is 24.7 Å². The van der Waals surface area contributed by atoms with Crippen LogP contribution in [0.5, 0.6) is 0 Å². The number of carbonyl (C=O) groups is 4. The maximum Gasteiger partial charge on any atom is 1.00 e. The van der Waals surface area contributed by atoms with Crippen molar-refractivity contribution in [2.45, 2.75) is 93.8 Å². The van der Waals surface area contributed by atoms with Crippen LogP contribution in [0.15, 0.2) is 182 Å². The maximum atomic E-state index is 14.2. The summed E-state index contributed by atoms with van der Waals surface area (Å²) in [5.41, 5.74) is 6.35. The average Bonchev–Trinajstić information content (AvgIpc) is 4.10. The van der Waals surface area contributed by atoms with E-state index in [1.54, 1.807) is 9.80 Å². The number of piperidine rings is 2. The molecule has 390 valence electrons. The first kappa shape index (κ1) is 59.5. The molecule has 0 spiro atoms. The van der Waals surface area contributed by atoms with Gasteiger partial charge >= 0.3 is 30.8 Å². The molecule has 2 amide bonds. The number of amides is 2. The number of ether oxygens (including phenoxy) is 1. The SMILES string of the molecule is C.COC(=O)[C@@H]1C[C@H](N2CCC[C@@H](c3ccccc3)C2)CN1C(=O)C(c1ccccc1)c1ccccc1.O.O=C(O)[C@@H]1C[C@H](N2CCC[C@@H](c3ccccc3)C2)CN1C(=O)C(c1ccccc1)c1ccccc1.[Li+].[OH-]. The Labute approximate surface area is 455 Å². The van der Waals surface area contributed by atoms with Crippen LogP contribution in [0.3, 0.4) is 0 Å². The van der Waals surface area contributed by atoms with Crippen molar-refractivity contribution in [3.05, 3.63) is 215 Å². The Morgan fingerprint density at radius 1 is 0.493 bits per heavy atom. The van der Waals surface area contributed by atoms with E-state index in [0.717, 1.165) is 67.7 Å². The molecule has 12 nitrogen and oxygen atoms in total. The molecule has 0 radical (unpaired) electrons. The zero-order valence-corrected chi connectivity index (χ0v) is 42.6. The monoisotopic (exact) mass is 1010 g/mol. The van der Waals surface area contributed by atoms with E-state index in [-0.39, 0.29) is 67.1 Å². The number of benzene rings is 6. The molecule has 6 atom stereocenters. The minimum atomic E-state index is -0.919. The van der Waals surface area contributed by atoms with Gasteiger partial charge in [-0.05, 0) is 96.8 Å². The summed E-state index contributed by atoms with van der Waals surface area (Å²) in [5, 5.41) is 10.1. The summed E-state index contributed by atoms with van der Waals surface area (Å²) >= 11 is 0. The van der Waals surface area contributed by atoms with Gasteiger partial charge in [0.05, 0.1) is 18.9 Å². The third kappa shape index (κ3) is 14.1. The van der Waals surface area contributed by atoms with Gasteiger partial charge in [-0.1, -0.05) is 189 Å². The minimum absolute atomic E-state index is 0. The molecule has 75 heavy (non-hydrogen) atoms. The van der Waals surface area contributed by atoms with Gasteiger partial charge in [0.15, 0.2) is 0 Å². The van der Waals surface area contributed by atoms with Crippen LogP contribution >= 0.6 is 0 Å². The molecule has 10 rings (SSSR count). The third-order valence-corrected chi connectivity index (χ3v) is 15.4. The first-order valence-corrected chi connectivity index (χ1v) is 25.5. The number of esters is 1. The van der Waals surface area contributed by atoms with Crippen molar-refractivity contribution < 1.29 is 58.8 Å². The van der Waals surface area contributed by atoms with Crippen LogP contribution in [0.1, 0.15) is 103 Å². The molecule has 6 aromatic rings. The predicted molar refractivity (Wildman–Crippen MR) is 289 cm³/mol. The molecule has 6 aromatic carbocycles. The zero-order valence-electron chi connectivity index (χ0n) is 42.6. The number of likely N-dealkylation sites (tertiary alicyclic amines) is 4. The minimum Gasteiger partial charge on any atom is -0.870 e. The van der Waals surface area contributed by atoms with Crippen LogP contribution in [0, 0.1) is 0 Å². The first-order chi connectivity index (χ1) is 34.8. The molecule has 13 heteroatoms. The largest absolute Gasteiger partial charge is 1.00 e. The smallest absolute Gasteiger partial charge is 0.870 e. The second kappa shape index (κ2) is 28.5. The number of hydrogen-bond donors (Lipinski definition) is 1. The Morgan fingerprint density at radius 3 is 1.12 bits per heavy atom. The summed E-state index contributed by atoms with van der Waals surface area (Å²) < 4.78 is 5.18. The van der Waals surface area contributed by atoms with Gasteiger partial charge < -0.3 is 30.6 Å². The van der Waals surface area contributed by atoms with E-state index in [2.05, 4.69) is 64.4 Å². The second-order valence-electron chi connectivity index (χ2n) is 19.7. The van der Waals surface area contributed by atoms with Gasteiger partial charge in [-0.15, -0.1) is 0 Å². The number of hydrogen-bond acceptors (Lipinski definition) is 8. The fourth-order valence-corrected chi connectivity index (χ4v) is 11.8. The molecule has 0 bridgehead atoms. The fraction of sp³-hybridized carbons (Fsp3) is 0.355. The van der Waals surface area contributed by atoms with Gasteiger partial charge in [-0.2, -0.15) is 0 Å². The van der Waals surface area contributed by atoms with E-state index >= 15 is 0 Å². The molecule has 0 aliphatic carbocycles. The second-order valence-corrected chi connectivity index (χ2v) is 19.7. The van der Waals surface area contributed by atoms with E-state index in [0.29, 0.717) is 37.8 Å². The van der Waals surface area contributed by atoms with Crippen molar-refractivity contribution in [2.24, 2.45) is 0 Å². The van der Waals surface area contributed by atoms with Crippen molar-refractivity contribution in [1.82, 2.24) is 19.6 Å². The maximum absolute atomic E-state index is 14.2. The molecule has 0 aromatic heterocycles. The molecule has 0 saturated carbocycles. The van der Waals surface area contributed by atoms with Crippen molar-refractivity contribution in [1.29, 1.82) is 0 Å². The van der Waals surface area contributed by atoms with Crippen LogP contribution in [-0.2, 0) is 23.9 Å². The van der Waals surface area contributed by atoms with Gasteiger partial charge in [0.1, 0.15) is 12.1 Å². The quantitative estimate of drug-likeness (QED) is 0.110. The topological polar surface area (TPSA) is 172 Å². The Kier molecular flexibility index (Phi) is 22.6. The molecule has 0 unspecified atom stereocenters. The van der Waals surface area contributed by atoms with Crippen LogP contribution in [0.4, 0.5) is 0 Å². The Morgan fingerprint density at radius 2 is 0.800 bits per heavy atom. The average molecular weight is 1010 g/mol. The number of carboxylic acids is 1. The van der Waals surface area contributed by atoms with Crippen LogP contribution in [-0.4, -0.2) is 130 Å². The Bertz CT molecular complexity index is 2590. The molecule has 4 saturated heterocycles. The first-order valence-electron chi connectivity index (χ1n) is 25.5. The summed E-state index contributed by atoms with van der Waals surface area (Å²) in [4.78, 5) is 61.8. The van der Waals surface area contributed by atoms with E-state index in [4.69, 9.17) is 4.74 Å². The van der Waals surface area contributed by atoms with E-state index < -0.39 is 29.9 Å². The van der Waals surface area contributed by atoms with Gasteiger partial charge in [-0.25, -0.2) is 9.59 Å². The summed E-state index contributed by atoms with van der Waals surface area (Å²) in [6, 6.07) is 59.2. The van der Waals surface area contributed by atoms with Crippen LogP contribution < -0.4 is 18.9 Å². The molecule has 4 heterocycles. The number of carbonyl (C=O) groups excluding carboxylic acids is 3. The number of aliphatic carboxylic acids is 1. The van der Waals surface area contributed by atoms with Gasteiger partial charge in [-0.3, -0.25) is 19.4 Å². The standard InChI is InChI=1S/C31H34N2O3.C30H32N2O3.CH4.Li.2H2O/c1-36-31(35)28-20-27(32-19-11-18-26(21-32)23-12-5-2-6-13-23)22-33(28)30(34)29(24-14-7-3-8-15-24)25-16-9-4-10-17-25;33-29(28(23-13-6-2-7-14-23)24-15-8-3-9-16-24)32-21-26(19-27(32)30(34)35)31-18-10-17-25(20-31)22-11-4-1-5-12-22;;;;/h2-10,12-17,26-29H,11,18-22H2,1H3;1-9,11-16,25-28H,10,17-21H2,(H,34,35);1H4;;2*1H2/q;;;+1;;/p-1/t26-,27+,28+;25-,26+,27+;;;;/m11..../s1. The predicted octanol–water partition coefficient (Wildman–Crippen LogP) is 6.23. The number of methoxy groups -OCH3 is 1. The van der Waals surface area contributed by atoms with Crippen LogP contribution in [0.25, 0.3) is 0 Å². The summed E-state index contributed by atoms with van der Waals surface area (Å²) in [5.74, 6) is -1.48. The molecule has 4 aliphatic heterocycles. The number of carboxylic acid groups (broad SMARTS) is 1. The molecular formula is C62H73LiN4O8. The molecule has 4 N–H and O–H groups in total. The van der Waals surface area contributed by atoms with Crippen molar-refractivity contribution in [3.8, 4) is 0 Å². The molecule has 4 fully saturated rings. The number of rotatable bonds is 12. The Balaban J connectivity index is 0.000000263. The number of nitrogens with zero attached hydrogens (tertiary/aromatic N) is 4. The summed E-state index contributed by atoms with van der Waals surface area (Å²) in [6.45, 7) is 4.78. The fourth-order valence-electron chi connectivity index (χ4n) is 11.8. The summed E-state index contributed by atoms with van der Waals surface area (Å²) in [7, 11) is 1.41. The van der Waals surface area contributed by atoms with Crippen molar-refractivity contribution in [2.75, 3.05) is 46.4 Å². The zero-order chi connectivity index (χ0) is 49.1. The third-order valence-electron chi connectivity index (χ3n) is 15.4. The van der Waals surface area contributed by atoms with Gasteiger partial charge in [0.2, 0.25) is 11.8 Å². The molecular weight excluding hydrogens is 936 g/mol. The van der Waals surface area contributed by atoms with Crippen molar-refractivity contribution >= 4 is 23.8 Å². The molecule has 4 aliphatic rings.